The predicted molar refractivity (Wildman–Crippen MR) is 224 cm³/mol. The number of ether oxygens (including phenoxy) is 1. The van der Waals surface area contributed by atoms with Gasteiger partial charge >= 0.3 is 6.09 Å². The van der Waals surface area contributed by atoms with E-state index in [9.17, 15) is 4.79 Å². The van der Waals surface area contributed by atoms with Crippen molar-refractivity contribution in [2.75, 3.05) is 117 Å². The smallest absolute Gasteiger partial charge is 0.410 e. The highest BCUT2D eigenvalue weighted by Gasteiger charge is 2.26. The zero-order chi connectivity index (χ0) is 39.2. The third-order valence-electron chi connectivity index (χ3n) is 9.41. The molecule has 2 fully saturated rings. The molecule has 0 spiro atoms. The molecule has 0 aliphatic carbocycles. The molecule has 0 atom stereocenters. The van der Waals surface area contributed by atoms with Crippen LogP contribution >= 0.6 is 0 Å². The molecule has 0 radical (unpaired) electrons. The van der Waals surface area contributed by atoms with Crippen molar-refractivity contribution in [1.29, 1.82) is 0 Å². The third kappa shape index (κ3) is 13.8. The van der Waals surface area contributed by atoms with Gasteiger partial charge in [-0.15, -0.1) is 0 Å². The summed E-state index contributed by atoms with van der Waals surface area (Å²) in [5.74, 6) is 3.57. The number of aromatic nitrogens is 4. The molecule has 6 rings (SSSR count). The van der Waals surface area contributed by atoms with Crippen LogP contribution in [0.15, 0.2) is 48.5 Å². The van der Waals surface area contributed by atoms with Gasteiger partial charge in [0.1, 0.15) is 28.9 Å². The predicted octanol–water partition coefficient (Wildman–Crippen LogP) is 4.44. The highest BCUT2D eigenvalue weighted by Crippen LogP contribution is 2.22. The average Bonchev–Trinajstić information content (AvgIpc) is 3.15. The van der Waals surface area contributed by atoms with E-state index in [1.54, 1.807) is 4.90 Å². The van der Waals surface area contributed by atoms with Gasteiger partial charge in [0.15, 0.2) is 0 Å². The van der Waals surface area contributed by atoms with Crippen molar-refractivity contribution in [3.63, 3.8) is 0 Å². The maximum Gasteiger partial charge on any atom is 0.410 e. The Labute approximate surface area is 328 Å². The van der Waals surface area contributed by atoms with Crippen molar-refractivity contribution in [2.24, 2.45) is 0 Å². The second-order valence-electron chi connectivity index (χ2n) is 15.9. The van der Waals surface area contributed by atoms with E-state index in [2.05, 4.69) is 81.9 Å². The summed E-state index contributed by atoms with van der Waals surface area (Å²) >= 11 is 0. The summed E-state index contributed by atoms with van der Waals surface area (Å²) in [5, 5.41) is 12.5. The van der Waals surface area contributed by atoms with Crippen LogP contribution < -0.4 is 16.0 Å². The van der Waals surface area contributed by atoms with E-state index >= 15 is 0 Å². The molecular formula is C41H64N12O2. The second-order valence-corrected chi connectivity index (χ2v) is 15.9. The summed E-state index contributed by atoms with van der Waals surface area (Å²) in [6.45, 7) is 18.1. The monoisotopic (exact) mass is 757 g/mol. The molecule has 3 N–H and O–H groups in total. The number of benzene rings is 2. The number of nitrogens with one attached hydrogen (secondary N) is 3. The lowest BCUT2D eigenvalue weighted by atomic mass is 10.2. The molecule has 2 aliphatic rings. The Kier molecular flexibility index (Phi) is 15.7. The summed E-state index contributed by atoms with van der Waals surface area (Å²) in [4.78, 5) is 42.4. The van der Waals surface area contributed by atoms with Gasteiger partial charge in [-0.2, -0.15) is 0 Å². The minimum atomic E-state index is -0.469. The zero-order valence-electron chi connectivity index (χ0n) is 34.3. The average molecular weight is 757 g/mol. The summed E-state index contributed by atoms with van der Waals surface area (Å²) < 4.78 is 5.49. The molecule has 2 aliphatic heterocycles. The highest BCUT2D eigenvalue weighted by molar-refractivity contribution is 5.89. The fourth-order valence-corrected chi connectivity index (χ4v) is 6.55. The zero-order valence-corrected chi connectivity index (χ0v) is 34.3. The van der Waals surface area contributed by atoms with E-state index in [1.165, 1.54) is 0 Å². The Morgan fingerprint density at radius 3 is 1.60 bits per heavy atom. The third-order valence-corrected chi connectivity index (χ3v) is 9.41. The van der Waals surface area contributed by atoms with Gasteiger partial charge in [-0.3, -0.25) is 9.80 Å². The van der Waals surface area contributed by atoms with Crippen molar-refractivity contribution < 1.29 is 9.53 Å². The van der Waals surface area contributed by atoms with Gasteiger partial charge in [0.05, 0.1) is 24.1 Å². The normalized spacial score (nSPS) is 15.7. The van der Waals surface area contributed by atoms with Gasteiger partial charge in [0.25, 0.3) is 0 Å². The molecule has 2 saturated heterocycles. The maximum atomic E-state index is 12.3. The van der Waals surface area contributed by atoms with Gasteiger partial charge in [-0.25, -0.2) is 24.7 Å². The first-order valence-corrected chi connectivity index (χ1v) is 19.9. The molecule has 4 heterocycles. The largest absolute Gasteiger partial charge is 0.444 e. The van der Waals surface area contributed by atoms with E-state index in [0.29, 0.717) is 19.6 Å². The minimum Gasteiger partial charge on any atom is -0.444 e. The maximum absolute atomic E-state index is 12.3. The highest BCUT2D eigenvalue weighted by atomic mass is 16.6. The number of anilines is 2. The van der Waals surface area contributed by atoms with E-state index in [4.69, 9.17) is 24.7 Å². The molecule has 55 heavy (non-hydrogen) atoms. The number of carbonyl (C=O) groups is 1. The lowest BCUT2D eigenvalue weighted by molar-refractivity contribution is 0.0137. The number of carbonyl (C=O) groups excluding carboxylic acids is 1. The molecule has 1 amide bonds. The number of amides is 1. The van der Waals surface area contributed by atoms with Crippen molar-refractivity contribution >= 4 is 39.5 Å². The van der Waals surface area contributed by atoms with Gasteiger partial charge in [-0.05, 0) is 99.2 Å². The molecule has 4 aromatic rings. The van der Waals surface area contributed by atoms with Gasteiger partial charge in [0.2, 0.25) is 0 Å². The Bertz CT molecular complexity index is 1780. The molecule has 14 heteroatoms. The van der Waals surface area contributed by atoms with Crippen LogP contribution in [0.3, 0.4) is 0 Å². The summed E-state index contributed by atoms with van der Waals surface area (Å²) in [6.07, 6.45) is 1.91. The van der Waals surface area contributed by atoms with Crippen LogP contribution in [0.5, 0.6) is 0 Å². The van der Waals surface area contributed by atoms with E-state index in [-0.39, 0.29) is 6.09 Å². The van der Waals surface area contributed by atoms with Crippen molar-refractivity contribution in [1.82, 2.24) is 49.8 Å². The van der Waals surface area contributed by atoms with Crippen LogP contribution in [0.1, 0.15) is 45.3 Å². The number of piperazine rings is 2. The summed E-state index contributed by atoms with van der Waals surface area (Å²) in [6, 6.07) is 16.4. The Hall–Kier alpha value is -4.21. The van der Waals surface area contributed by atoms with Gasteiger partial charge in [-0.1, -0.05) is 24.3 Å². The molecule has 300 valence electrons. The molecule has 2 aromatic carbocycles. The number of fused-ring (bicyclic) bond motifs is 2. The number of hydrogen-bond donors (Lipinski definition) is 3. The lowest BCUT2D eigenvalue weighted by Crippen LogP contribution is -2.49. The SMILES string of the molecule is CN(C)CCCNc1nc(CN2CCN(C(=O)OC(C)(C)C)CC2)nc2ccccc12.CN(C)CCCNc1nc(CN2CCNCC2)nc2ccccc12. The first kappa shape index (κ1) is 41.9. The van der Waals surface area contributed by atoms with Crippen molar-refractivity contribution in [2.45, 2.75) is 52.3 Å². The first-order valence-electron chi connectivity index (χ1n) is 19.9. The molecule has 2 aromatic heterocycles. The van der Waals surface area contributed by atoms with Gasteiger partial charge in [0, 0.05) is 76.2 Å². The summed E-state index contributed by atoms with van der Waals surface area (Å²) in [7, 11) is 8.37. The van der Waals surface area contributed by atoms with Crippen LogP contribution in [-0.4, -0.2) is 163 Å². The number of para-hydroxylation sites is 2. The Morgan fingerprint density at radius 1 is 0.691 bits per heavy atom. The second kappa shape index (κ2) is 20.6. The number of nitrogens with zero attached hydrogens (tertiary/aromatic N) is 9. The van der Waals surface area contributed by atoms with E-state index in [0.717, 1.165) is 130 Å². The summed E-state index contributed by atoms with van der Waals surface area (Å²) in [5.41, 5.74) is 1.51. The first-order chi connectivity index (χ1) is 26.4. The number of rotatable bonds is 14. The Morgan fingerprint density at radius 2 is 1.15 bits per heavy atom. The molecule has 0 saturated carbocycles. The van der Waals surface area contributed by atoms with Crippen LogP contribution in [0.2, 0.25) is 0 Å². The van der Waals surface area contributed by atoms with E-state index in [1.807, 2.05) is 51.1 Å². The van der Waals surface area contributed by atoms with Gasteiger partial charge < -0.3 is 35.4 Å². The minimum absolute atomic E-state index is 0.238. The van der Waals surface area contributed by atoms with Crippen LogP contribution in [0.25, 0.3) is 21.8 Å². The van der Waals surface area contributed by atoms with Crippen molar-refractivity contribution in [3.05, 3.63) is 60.2 Å². The van der Waals surface area contributed by atoms with Crippen LogP contribution in [0, 0.1) is 0 Å². The molecule has 0 bridgehead atoms. The number of hydrogen-bond acceptors (Lipinski definition) is 13. The lowest BCUT2D eigenvalue weighted by Gasteiger charge is -2.35. The quantitative estimate of drug-likeness (QED) is 0.157. The molecule has 0 unspecified atom stereocenters. The topological polar surface area (TPSA) is 130 Å². The van der Waals surface area contributed by atoms with Crippen LogP contribution in [-0.2, 0) is 17.8 Å². The standard InChI is InChI=1S/C23H36N6O2.C18H28N6/c1-23(2,3)31-22(30)29-15-13-28(14-16-29)17-20-25-19-10-7-6-9-18(19)21(26-20)24-11-8-12-27(4)5;1-23(2)11-5-8-20-18-15-6-3-4-7-16(15)21-17(22-18)14-24-12-9-19-10-13-24/h6-7,9-10H,8,11-17H2,1-5H3,(H,24,25,26);3-4,6-7,19H,5,8-14H2,1-2H3,(H,20,21,22). The van der Waals surface area contributed by atoms with E-state index < -0.39 is 5.60 Å². The van der Waals surface area contributed by atoms with Crippen LogP contribution in [0.4, 0.5) is 16.4 Å². The fraction of sp³-hybridized carbons (Fsp3) is 0.585. The Balaban J connectivity index is 0.000000218. The molecular weight excluding hydrogens is 693 g/mol. The van der Waals surface area contributed by atoms with Crippen molar-refractivity contribution in [3.8, 4) is 0 Å². The molecule has 14 nitrogen and oxygen atoms in total. The fourth-order valence-electron chi connectivity index (χ4n) is 6.55.